The van der Waals surface area contributed by atoms with Crippen LogP contribution in [0.3, 0.4) is 0 Å². The first-order chi connectivity index (χ1) is 12.3. The van der Waals surface area contributed by atoms with Crippen molar-refractivity contribution in [1.29, 1.82) is 0 Å². The summed E-state index contributed by atoms with van der Waals surface area (Å²) in [5.74, 6) is -0.636. The van der Waals surface area contributed by atoms with Gasteiger partial charge in [0.05, 0.1) is 11.9 Å². The zero-order chi connectivity index (χ0) is 19.2. The molecule has 0 unspecified atom stereocenters. The van der Waals surface area contributed by atoms with E-state index in [4.69, 9.17) is 0 Å². The minimum Gasteiger partial charge on any atom is -0.350 e. The summed E-state index contributed by atoms with van der Waals surface area (Å²) >= 11 is 0. The van der Waals surface area contributed by atoms with Crippen LogP contribution >= 0.6 is 0 Å². The first-order valence-electron chi connectivity index (χ1n) is 7.91. The maximum absolute atomic E-state index is 12.2. The minimum absolute atomic E-state index is 0.224. The molecule has 7 nitrogen and oxygen atoms in total. The Hall–Kier alpha value is -2.87. The van der Waals surface area contributed by atoms with E-state index in [-0.39, 0.29) is 12.5 Å². The van der Waals surface area contributed by atoms with Gasteiger partial charge in [-0.15, -0.1) is 0 Å². The van der Waals surface area contributed by atoms with Gasteiger partial charge in [-0.2, -0.15) is 0 Å². The van der Waals surface area contributed by atoms with Gasteiger partial charge < -0.3 is 10.6 Å². The number of sulfonamides is 1. The largest absolute Gasteiger partial charge is 0.350 e. The van der Waals surface area contributed by atoms with E-state index in [0.29, 0.717) is 17.9 Å². The molecule has 0 aliphatic rings. The summed E-state index contributed by atoms with van der Waals surface area (Å²) in [4.78, 5) is 23.2. The van der Waals surface area contributed by atoms with E-state index in [0.717, 1.165) is 16.1 Å². The number of rotatable bonds is 7. The molecule has 2 aromatic rings. The molecule has 0 spiro atoms. The maximum Gasteiger partial charge on any atom is 0.241 e. The third-order valence-corrected chi connectivity index (χ3v) is 4.64. The third-order valence-electron chi connectivity index (χ3n) is 3.50. The van der Waals surface area contributed by atoms with E-state index in [9.17, 15) is 18.0 Å². The van der Waals surface area contributed by atoms with Gasteiger partial charge in [0.25, 0.3) is 0 Å². The van der Waals surface area contributed by atoms with Crippen LogP contribution in [0, 0.1) is 0 Å². The summed E-state index contributed by atoms with van der Waals surface area (Å²) in [5.41, 5.74) is 1.81. The van der Waals surface area contributed by atoms with Crippen LogP contribution in [-0.4, -0.2) is 33.0 Å². The van der Waals surface area contributed by atoms with Crippen LogP contribution in [0.1, 0.15) is 12.5 Å². The van der Waals surface area contributed by atoms with Gasteiger partial charge in [0, 0.05) is 19.2 Å². The average Bonchev–Trinajstić information content (AvgIpc) is 2.58. The molecule has 0 saturated carbocycles. The third kappa shape index (κ3) is 5.89. The lowest BCUT2D eigenvalue weighted by molar-refractivity contribution is -0.119. The van der Waals surface area contributed by atoms with Gasteiger partial charge >= 0.3 is 0 Å². The molecule has 0 aromatic heterocycles. The fraction of sp³-hybridized carbons (Fsp3) is 0.222. The monoisotopic (exact) mass is 375 g/mol. The second-order valence-corrected chi connectivity index (χ2v) is 7.67. The molecule has 2 N–H and O–H groups in total. The molecule has 8 heteroatoms. The molecule has 0 radical (unpaired) electrons. The quantitative estimate of drug-likeness (QED) is 0.770. The fourth-order valence-electron chi connectivity index (χ4n) is 2.30. The van der Waals surface area contributed by atoms with Crippen LogP contribution in [0.25, 0.3) is 0 Å². The summed E-state index contributed by atoms with van der Waals surface area (Å²) in [6, 6.07) is 15.6. The topological polar surface area (TPSA) is 95.6 Å². The number of hydrogen-bond donors (Lipinski definition) is 2. The Morgan fingerprint density at radius 3 is 2.15 bits per heavy atom. The fourth-order valence-corrected chi connectivity index (χ4v) is 3.15. The number of nitrogens with zero attached hydrogens (tertiary/aromatic N) is 1. The Morgan fingerprint density at radius 2 is 1.62 bits per heavy atom. The molecule has 0 bridgehead atoms. The number of benzene rings is 2. The highest BCUT2D eigenvalue weighted by Gasteiger charge is 2.20. The van der Waals surface area contributed by atoms with Gasteiger partial charge in [-0.1, -0.05) is 30.3 Å². The van der Waals surface area contributed by atoms with Crippen molar-refractivity contribution in [2.45, 2.75) is 13.5 Å². The van der Waals surface area contributed by atoms with Crippen molar-refractivity contribution in [2.24, 2.45) is 0 Å². The summed E-state index contributed by atoms with van der Waals surface area (Å²) < 4.78 is 25.2. The van der Waals surface area contributed by atoms with E-state index < -0.39 is 15.9 Å². The van der Waals surface area contributed by atoms with Crippen LogP contribution in [0.4, 0.5) is 11.4 Å². The van der Waals surface area contributed by atoms with E-state index in [1.165, 1.54) is 19.1 Å². The van der Waals surface area contributed by atoms with Gasteiger partial charge in [0.15, 0.2) is 0 Å². The number of nitrogens with one attached hydrogen (secondary N) is 2. The number of carbonyl (C=O) groups excluding carboxylic acids is 2. The summed E-state index contributed by atoms with van der Waals surface area (Å²) in [5, 5.41) is 5.31. The molecule has 0 aliphatic heterocycles. The van der Waals surface area contributed by atoms with Gasteiger partial charge in [0.2, 0.25) is 21.8 Å². The van der Waals surface area contributed by atoms with Gasteiger partial charge in [0.1, 0.15) is 6.54 Å². The molecule has 0 atom stereocenters. The van der Waals surface area contributed by atoms with E-state index >= 15 is 0 Å². The van der Waals surface area contributed by atoms with Crippen LogP contribution in [0.15, 0.2) is 54.6 Å². The predicted molar refractivity (Wildman–Crippen MR) is 101 cm³/mol. The SMILES string of the molecule is CC(=O)Nc1ccc(N(CC(=O)NCc2ccccc2)S(C)(=O)=O)cc1. The molecule has 2 amide bonds. The summed E-state index contributed by atoms with van der Waals surface area (Å²) in [6.07, 6.45) is 1.04. The zero-order valence-electron chi connectivity index (χ0n) is 14.6. The summed E-state index contributed by atoms with van der Waals surface area (Å²) in [7, 11) is -3.65. The Bertz CT molecular complexity index is 865. The molecule has 0 heterocycles. The molecular weight excluding hydrogens is 354 g/mol. The molecule has 0 saturated heterocycles. The number of anilines is 2. The Morgan fingerprint density at radius 1 is 1.00 bits per heavy atom. The molecule has 0 aliphatic carbocycles. The molecule has 2 rings (SSSR count). The summed E-state index contributed by atoms with van der Waals surface area (Å²) in [6.45, 7) is 1.37. The predicted octanol–water partition coefficient (Wildman–Crippen LogP) is 1.73. The first-order valence-corrected chi connectivity index (χ1v) is 9.76. The van der Waals surface area contributed by atoms with E-state index in [1.54, 1.807) is 12.1 Å². The minimum atomic E-state index is -3.65. The molecule has 0 fully saturated rings. The van der Waals surface area contributed by atoms with Gasteiger partial charge in [-0.3, -0.25) is 13.9 Å². The van der Waals surface area contributed by atoms with Crippen LogP contribution < -0.4 is 14.9 Å². The normalized spacial score (nSPS) is 10.8. The number of carbonyl (C=O) groups is 2. The van der Waals surface area contributed by atoms with Crippen molar-refractivity contribution < 1.29 is 18.0 Å². The highest BCUT2D eigenvalue weighted by atomic mass is 32.2. The highest BCUT2D eigenvalue weighted by Crippen LogP contribution is 2.20. The van der Waals surface area contributed by atoms with E-state index in [1.807, 2.05) is 30.3 Å². The van der Waals surface area contributed by atoms with Crippen LogP contribution in [0.5, 0.6) is 0 Å². The number of amides is 2. The Balaban J connectivity index is 2.07. The number of hydrogen-bond acceptors (Lipinski definition) is 4. The average molecular weight is 375 g/mol. The molecular formula is C18H21N3O4S. The second kappa shape index (κ2) is 8.48. The van der Waals surface area contributed by atoms with Gasteiger partial charge in [-0.25, -0.2) is 8.42 Å². The standard InChI is InChI=1S/C18H21N3O4S/c1-14(22)20-16-8-10-17(11-9-16)21(26(2,24)25)13-18(23)19-12-15-6-4-3-5-7-15/h3-11H,12-13H2,1-2H3,(H,19,23)(H,20,22). The first kappa shape index (κ1) is 19.5. The molecule has 26 heavy (non-hydrogen) atoms. The van der Waals surface area contributed by atoms with Crippen molar-refractivity contribution >= 4 is 33.2 Å². The second-order valence-electron chi connectivity index (χ2n) is 5.76. The lowest BCUT2D eigenvalue weighted by Crippen LogP contribution is -2.40. The van der Waals surface area contributed by atoms with Crippen molar-refractivity contribution in [3.05, 3.63) is 60.2 Å². The zero-order valence-corrected chi connectivity index (χ0v) is 15.4. The highest BCUT2D eigenvalue weighted by molar-refractivity contribution is 7.92. The van der Waals surface area contributed by atoms with Crippen LogP contribution in [-0.2, 0) is 26.2 Å². The molecule has 138 valence electrons. The lowest BCUT2D eigenvalue weighted by atomic mass is 10.2. The lowest BCUT2D eigenvalue weighted by Gasteiger charge is -2.22. The van der Waals surface area contributed by atoms with Crippen LogP contribution in [0.2, 0.25) is 0 Å². The molecule has 2 aromatic carbocycles. The Labute approximate surface area is 153 Å². The van der Waals surface area contributed by atoms with Crippen molar-refractivity contribution in [3.63, 3.8) is 0 Å². The van der Waals surface area contributed by atoms with Crippen molar-refractivity contribution in [1.82, 2.24) is 5.32 Å². The van der Waals surface area contributed by atoms with E-state index in [2.05, 4.69) is 10.6 Å². The van der Waals surface area contributed by atoms with Crippen molar-refractivity contribution in [3.8, 4) is 0 Å². The maximum atomic E-state index is 12.2. The smallest absolute Gasteiger partial charge is 0.241 e. The Kier molecular flexibility index (Phi) is 6.35. The van der Waals surface area contributed by atoms with Crippen molar-refractivity contribution in [2.75, 3.05) is 22.4 Å². The van der Waals surface area contributed by atoms with Gasteiger partial charge in [-0.05, 0) is 29.8 Å².